The smallest absolute Gasteiger partial charge is 0.249 e. The molecule has 1 fully saturated rings. The van der Waals surface area contributed by atoms with Crippen LogP contribution in [0.5, 0.6) is 5.75 Å². The fourth-order valence-corrected chi connectivity index (χ4v) is 5.61. The molecule has 2 heterocycles. The van der Waals surface area contributed by atoms with Crippen LogP contribution in [0.25, 0.3) is 10.9 Å². The summed E-state index contributed by atoms with van der Waals surface area (Å²) in [7, 11) is 1.57. The molecular weight excluding hydrogens is 514 g/mol. The molecule has 0 saturated carbocycles. The second-order valence-electron chi connectivity index (χ2n) is 10.1. The zero-order valence-corrected chi connectivity index (χ0v) is 21.9. The first-order valence-corrected chi connectivity index (χ1v) is 13.1. The zero-order chi connectivity index (χ0) is 28.0. The van der Waals surface area contributed by atoms with E-state index in [0.29, 0.717) is 81.6 Å². The van der Waals surface area contributed by atoms with Gasteiger partial charge in [0.25, 0.3) is 0 Å². The minimum atomic E-state index is -0.943. The molecule has 1 aliphatic rings. The fourth-order valence-electron chi connectivity index (χ4n) is 5.61. The van der Waals surface area contributed by atoms with Gasteiger partial charge in [0.1, 0.15) is 29.9 Å². The minimum absolute atomic E-state index is 0.128. The standard InChI is InChI=1S/C29H33F4N3O3/c1-39-21-6-7-27-24(16-21)22(19(17-30)18-34-27)4-2-8-29(28(37)35-38)9-12-36(13-10-29)11-3-5-23-25(32)14-20(31)15-26(23)33/h6-7,14-16,18,38H,2-5,8-13,17H2,1H3,(H,35,37). The molecule has 10 heteroatoms. The van der Waals surface area contributed by atoms with Crippen LogP contribution in [0.15, 0.2) is 36.5 Å². The van der Waals surface area contributed by atoms with Crippen molar-refractivity contribution in [1.82, 2.24) is 15.4 Å². The Kier molecular flexibility index (Phi) is 9.40. The third-order valence-corrected chi connectivity index (χ3v) is 7.91. The second-order valence-corrected chi connectivity index (χ2v) is 10.1. The summed E-state index contributed by atoms with van der Waals surface area (Å²) in [6.45, 7) is 1.07. The van der Waals surface area contributed by atoms with Gasteiger partial charge in [-0.25, -0.2) is 23.0 Å². The molecular formula is C29H33F4N3O3. The van der Waals surface area contributed by atoms with Gasteiger partial charge < -0.3 is 9.64 Å². The first kappa shape index (κ1) is 28.8. The molecule has 0 spiro atoms. The van der Waals surface area contributed by atoms with Gasteiger partial charge in [0.15, 0.2) is 0 Å². The molecule has 0 radical (unpaired) electrons. The molecule has 1 aliphatic heterocycles. The summed E-state index contributed by atoms with van der Waals surface area (Å²) >= 11 is 0. The number of pyridine rings is 1. The van der Waals surface area contributed by atoms with Gasteiger partial charge in [0, 0.05) is 34.8 Å². The number of fused-ring (bicyclic) bond motifs is 1. The molecule has 0 aliphatic carbocycles. The van der Waals surface area contributed by atoms with Crippen molar-refractivity contribution in [2.24, 2.45) is 5.41 Å². The number of aromatic nitrogens is 1. The molecule has 0 unspecified atom stereocenters. The Morgan fingerprint density at radius 2 is 1.77 bits per heavy atom. The molecule has 2 N–H and O–H groups in total. The van der Waals surface area contributed by atoms with E-state index in [1.54, 1.807) is 19.4 Å². The van der Waals surface area contributed by atoms with Crippen LogP contribution >= 0.6 is 0 Å². The van der Waals surface area contributed by atoms with Crippen molar-refractivity contribution in [1.29, 1.82) is 0 Å². The van der Waals surface area contributed by atoms with Gasteiger partial charge in [-0.2, -0.15) is 0 Å². The Hall–Kier alpha value is -3.24. The van der Waals surface area contributed by atoms with Crippen molar-refractivity contribution in [2.75, 3.05) is 26.7 Å². The number of piperidine rings is 1. The van der Waals surface area contributed by atoms with Crippen molar-refractivity contribution in [3.8, 4) is 5.75 Å². The zero-order valence-electron chi connectivity index (χ0n) is 21.9. The van der Waals surface area contributed by atoms with Gasteiger partial charge in [-0.1, -0.05) is 0 Å². The van der Waals surface area contributed by atoms with E-state index in [4.69, 9.17) is 4.74 Å². The molecule has 39 heavy (non-hydrogen) atoms. The highest BCUT2D eigenvalue weighted by atomic mass is 19.1. The Morgan fingerprint density at radius 3 is 2.41 bits per heavy atom. The van der Waals surface area contributed by atoms with Gasteiger partial charge in [-0.15, -0.1) is 0 Å². The molecule has 2 aromatic carbocycles. The van der Waals surface area contributed by atoms with Gasteiger partial charge in [0.05, 0.1) is 18.0 Å². The maximum absolute atomic E-state index is 13.9. The number of benzene rings is 2. The van der Waals surface area contributed by atoms with Crippen LogP contribution in [0.3, 0.4) is 0 Å². The largest absolute Gasteiger partial charge is 0.497 e. The molecule has 0 atom stereocenters. The molecule has 1 amide bonds. The number of hydrogen-bond donors (Lipinski definition) is 2. The SMILES string of the molecule is COc1ccc2ncc(CF)c(CCCC3(C(=O)NO)CCN(CCCc4c(F)cc(F)cc4F)CC3)c2c1. The van der Waals surface area contributed by atoms with E-state index in [1.165, 1.54) is 0 Å². The van der Waals surface area contributed by atoms with Crippen LogP contribution in [-0.2, 0) is 24.3 Å². The van der Waals surface area contributed by atoms with E-state index in [9.17, 15) is 27.6 Å². The molecule has 210 valence electrons. The lowest BCUT2D eigenvalue weighted by atomic mass is 9.73. The summed E-state index contributed by atoms with van der Waals surface area (Å²) in [6.07, 6.45) is 4.78. The van der Waals surface area contributed by atoms with Crippen LogP contribution in [0.2, 0.25) is 0 Å². The monoisotopic (exact) mass is 547 g/mol. The minimum Gasteiger partial charge on any atom is -0.497 e. The lowest BCUT2D eigenvalue weighted by Crippen LogP contribution is -2.48. The Labute approximate surface area is 224 Å². The summed E-state index contributed by atoms with van der Waals surface area (Å²) < 4.78 is 60.2. The summed E-state index contributed by atoms with van der Waals surface area (Å²) in [5, 5.41) is 10.3. The quantitative estimate of drug-likeness (QED) is 0.184. The Bertz CT molecular complexity index is 1280. The van der Waals surface area contributed by atoms with Crippen molar-refractivity contribution in [2.45, 2.75) is 51.6 Å². The lowest BCUT2D eigenvalue weighted by Gasteiger charge is -2.40. The van der Waals surface area contributed by atoms with E-state index >= 15 is 0 Å². The van der Waals surface area contributed by atoms with Gasteiger partial charge >= 0.3 is 0 Å². The number of carbonyl (C=O) groups is 1. The van der Waals surface area contributed by atoms with E-state index < -0.39 is 35.4 Å². The van der Waals surface area contributed by atoms with E-state index in [0.717, 1.165) is 16.5 Å². The average Bonchev–Trinajstić information content (AvgIpc) is 2.94. The van der Waals surface area contributed by atoms with Crippen LogP contribution < -0.4 is 10.2 Å². The van der Waals surface area contributed by atoms with Gasteiger partial charge in [-0.05, 0) is 88.3 Å². The summed E-state index contributed by atoms with van der Waals surface area (Å²) in [6, 6.07) is 6.84. The summed E-state index contributed by atoms with van der Waals surface area (Å²) in [5.74, 6) is -2.51. The molecule has 3 aromatic rings. The topological polar surface area (TPSA) is 74.7 Å². The lowest BCUT2D eigenvalue weighted by molar-refractivity contribution is -0.143. The average molecular weight is 548 g/mol. The molecule has 0 bridgehead atoms. The number of aryl methyl sites for hydroxylation is 1. The third kappa shape index (κ3) is 6.50. The maximum Gasteiger partial charge on any atom is 0.249 e. The number of hydrogen-bond acceptors (Lipinski definition) is 5. The molecule has 1 saturated heterocycles. The molecule has 4 rings (SSSR count). The van der Waals surface area contributed by atoms with Gasteiger partial charge in [-0.3, -0.25) is 15.0 Å². The Morgan fingerprint density at radius 1 is 1.08 bits per heavy atom. The van der Waals surface area contributed by atoms with Crippen molar-refractivity contribution >= 4 is 16.8 Å². The number of carbonyl (C=O) groups excluding carboxylic acids is 1. The van der Waals surface area contributed by atoms with Crippen molar-refractivity contribution in [3.63, 3.8) is 0 Å². The van der Waals surface area contributed by atoms with E-state index in [-0.39, 0.29) is 12.0 Å². The van der Waals surface area contributed by atoms with Crippen molar-refractivity contribution in [3.05, 3.63) is 70.7 Å². The number of amides is 1. The molecule has 6 nitrogen and oxygen atoms in total. The van der Waals surface area contributed by atoms with Crippen LogP contribution in [0.4, 0.5) is 17.6 Å². The highest BCUT2D eigenvalue weighted by Gasteiger charge is 2.40. The first-order chi connectivity index (χ1) is 18.8. The predicted octanol–water partition coefficient (Wildman–Crippen LogP) is 5.67. The van der Waals surface area contributed by atoms with Gasteiger partial charge in [0.2, 0.25) is 5.91 Å². The highest BCUT2D eigenvalue weighted by molar-refractivity contribution is 5.84. The van der Waals surface area contributed by atoms with E-state index in [2.05, 4.69) is 9.88 Å². The Balaban J connectivity index is 1.38. The van der Waals surface area contributed by atoms with E-state index in [1.807, 2.05) is 17.6 Å². The normalized spacial score (nSPS) is 15.4. The van der Waals surface area contributed by atoms with Crippen LogP contribution in [0.1, 0.15) is 48.8 Å². The number of ether oxygens (including phenoxy) is 1. The number of rotatable bonds is 11. The first-order valence-electron chi connectivity index (χ1n) is 13.1. The van der Waals surface area contributed by atoms with Crippen LogP contribution in [-0.4, -0.2) is 47.7 Å². The van der Waals surface area contributed by atoms with Crippen LogP contribution in [0, 0.1) is 22.9 Å². The molecule has 1 aromatic heterocycles. The summed E-state index contributed by atoms with van der Waals surface area (Å²) in [4.78, 5) is 19.2. The number of methoxy groups -OCH3 is 1. The number of halogens is 4. The predicted molar refractivity (Wildman–Crippen MR) is 139 cm³/mol. The third-order valence-electron chi connectivity index (χ3n) is 7.91. The highest BCUT2D eigenvalue weighted by Crippen LogP contribution is 2.38. The number of likely N-dealkylation sites (tertiary alicyclic amines) is 1. The van der Waals surface area contributed by atoms with Crippen molar-refractivity contribution < 1.29 is 32.3 Å². The number of nitrogens with zero attached hydrogens (tertiary/aromatic N) is 2. The number of hydroxylamine groups is 1. The number of alkyl halides is 1. The number of nitrogens with one attached hydrogen (secondary N) is 1. The maximum atomic E-state index is 13.9. The second kappa shape index (κ2) is 12.7. The fraction of sp³-hybridized carbons (Fsp3) is 0.448. The summed E-state index contributed by atoms with van der Waals surface area (Å²) in [5.41, 5.74) is 2.99.